The Labute approximate surface area is 128 Å². The molecule has 1 saturated heterocycles. The maximum atomic E-state index is 12.1. The first-order chi connectivity index (χ1) is 9.47. The molecule has 2 unspecified atom stereocenters. The van der Waals surface area contributed by atoms with Crippen LogP contribution in [0.15, 0.2) is 24.3 Å². The van der Waals surface area contributed by atoms with Gasteiger partial charge in [-0.15, -0.1) is 12.4 Å². The Kier molecular flexibility index (Phi) is 6.36. The van der Waals surface area contributed by atoms with E-state index in [9.17, 15) is 13.6 Å². The van der Waals surface area contributed by atoms with Crippen LogP contribution < -0.4 is 4.74 Å². The second kappa shape index (κ2) is 7.56. The van der Waals surface area contributed by atoms with Crippen LogP contribution in [-0.2, 0) is 4.79 Å². The Bertz CT molecular complexity index is 470. The van der Waals surface area contributed by atoms with E-state index in [1.807, 2.05) is 6.92 Å². The molecular formula is C14H18ClF2NO3. The number of ether oxygens (including phenoxy) is 1. The molecule has 118 valence electrons. The number of halogens is 3. The minimum absolute atomic E-state index is 0. The van der Waals surface area contributed by atoms with Gasteiger partial charge < -0.3 is 9.84 Å². The molecule has 4 nitrogen and oxygen atoms in total. The lowest BCUT2D eigenvalue weighted by Gasteiger charge is -2.24. The number of likely N-dealkylation sites (tertiary alicyclic amines) is 1. The molecule has 1 N–H and O–H groups in total. The van der Waals surface area contributed by atoms with Crippen LogP contribution in [0.3, 0.4) is 0 Å². The Hall–Kier alpha value is -1.40. The highest BCUT2D eigenvalue weighted by Crippen LogP contribution is 2.28. The van der Waals surface area contributed by atoms with E-state index in [0.717, 1.165) is 12.1 Å². The third-order valence-corrected chi connectivity index (χ3v) is 3.70. The molecule has 7 heteroatoms. The predicted molar refractivity (Wildman–Crippen MR) is 76.1 cm³/mol. The van der Waals surface area contributed by atoms with Crippen LogP contribution in [0.1, 0.15) is 24.9 Å². The molecule has 1 aliphatic heterocycles. The average Bonchev–Trinajstić information content (AvgIpc) is 2.88. The molecule has 1 aliphatic rings. The minimum atomic E-state index is -2.83. The van der Waals surface area contributed by atoms with Gasteiger partial charge in [-0.2, -0.15) is 8.78 Å². The molecule has 1 aromatic carbocycles. The van der Waals surface area contributed by atoms with Gasteiger partial charge in [-0.3, -0.25) is 9.69 Å². The molecule has 0 aliphatic carbocycles. The van der Waals surface area contributed by atoms with Gasteiger partial charge in [-0.25, -0.2) is 0 Å². The van der Waals surface area contributed by atoms with Gasteiger partial charge >= 0.3 is 12.6 Å². The van der Waals surface area contributed by atoms with Gasteiger partial charge in [0.15, 0.2) is 0 Å². The Morgan fingerprint density at radius 2 is 2.00 bits per heavy atom. The van der Waals surface area contributed by atoms with E-state index < -0.39 is 12.6 Å². The number of rotatable bonds is 5. The van der Waals surface area contributed by atoms with Crippen molar-refractivity contribution in [1.82, 2.24) is 4.90 Å². The summed E-state index contributed by atoms with van der Waals surface area (Å²) in [7, 11) is 0. The molecule has 2 atom stereocenters. The van der Waals surface area contributed by atoms with Crippen LogP contribution in [0, 0.1) is 5.92 Å². The summed E-state index contributed by atoms with van der Waals surface area (Å²) in [5.41, 5.74) is 0.956. The smallest absolute Gasteiger partial charge is 0.387 e. The summed E-state index contributed by atoms with van der Waals surface area (Å²) >= 11 is 0. The maximum Gasteiger partial charge on any atom is 0.387 e. The van der Waals surface area contributed by atoms with Gasteiger partial charge in [0.1, 0.15) is 5.75 Å². The third-order valence-electron chi connectivity index (χ3n) is 3.70. The average molecular weight is 322 g/mol. The maximum absolute atomic E-state index is 12.1. The monoisotopic (exact) mass is 321 g/mol. The summed E-state index contributed by atoms with van der Waals surface area (Å²) in [5.74, 6) is -0.958. The first kappa shape index (κ1) is 17.7. The molecule has 0 radical (unpaired) electrons. The molecule has 1 heterocycles. The fourth-order valence-corrected chi connectivity index (χ4v) is 2.48. The summed E-state index contributed by atoms with van der Waals surface area (Å²) in [4.78, 5) is 13.0. The van der Waals surface area contributed by atoms with Crippen LogP contribution in [-0.4, -0.2) is 35.7 Å². The topological polar surface area (TPSA) is 49.8 Å². The van der Waals surface area contributed by atoms with Gasteiger partial charge in [0.05, 0.1) is 5.92 Å². The van der Waals surface area contributed by atoms with E-state index in [1.54, 1.807) is 12.1 Å². The lowest BCUT2D eigenvalue weighted by atomic mass is 10.1. The van der Waals surface area contributed by atoms with E-state index in [-0.39, 0.29) is 30.1 Å². The van der Waals surface area contributed by atoms with Gasteiger partial charge in [0, 0.05) is 12.6 Å². The van der Waals surface area contributed by atoms with Crippen LogP contribution in [0.4, 0.5) is 8.78 Å². The van der Waals surface area contributed by atoms with Gasteiger partial charge in [-0.05, 0) is 37.6 Å². The largest absolute Gasteiger partial charge is 0.481 e. The number of aliphatic carboxylic acids is 1. The number of hydrogen-bond donors (Lipinski definition) is 1. The second-order valence-electron chi connectivity index (χ2n) is 4.94. The van der Waals surface area contributed by atoms with Crippen molar-refractivity contribution in [3.63, 3.8) is 0 Å². The Morgan fingerprint density at radius 3 is 2.48 bits per heavy atom. The number of carbonyl (C=O) groups is 1. The summed E-state index contributed by atoms with van der Waals surface area (Å²) in [6.45, 7) is 0.403. The molecule has 1 aromatic rings. The fraction of sp³-hybridized carbons (Fsp3) is 0.500. The number of hydrogen-bond acceptors (Lipinski definition) is 3. The molecular weight excluding hydrogens is 304 g/mol. The minimum Gasteiger partial charge on any atom is -0.481 e. The van der Waals surface area contributed by atoms with Crippen molar-refractivity contribution in [3.05, 3.63) is 29.8 Å². The van der Waals surface area contributed by atoms with E-state index in [2.05, 4.69) is 9.64 Å². The van der Waals surface area contributed by atoms with Crippen LogP contribution in [0.2, 0.25) is 0 Å². The molecule has 0 aromatic heterocycles. The Balaban J connectivity index is 0.00000220. The lowest BCUT2D eigenvalue weighted by Crippen LogP contribution is -2.26. The summed E-state index contributed by atoms with van der Waals surface area (Å²) in [5, 5.41) is 8.99. The standard InChI is InChI=1S/C14H17F2NO3.ClH/c1-9(17-7-6-11(8-17)13(18)19)10-2-4-12(5-3-10)20-14(15)16;/h2-5,9,11,14H,6-8H2,1H3,(H,18,19);1H. The quantitative estimate of drug-likeness (QED) is 0.905. The first-order valence-corrected chi connectivity index (χ1v) is 6.49. The van der Waals surface area contributed by atoms with Crippen LogP contribution in [0.25, 0.3) is 0 Å². The summed E-state index contributed by atoms with van der Waals surface area (Å²) in [6, 6.07) is 6.53. The lowest BCUT2D eigenvalue weighted by molar-refractivity contribution is -0.141. The number of nitrogens with zero attached hydrogens (tertiary/aromatic N) is 1. The van der Waals surface area contributed by atoms with Gasteiger partial charge in [0.2, 0.25) is 0 Å². The van der Waals surface area contributed by atoms with E-state index >= 15 is 0 Å². The van der Waals surface area contributed by atoms with Gasteiger partial charge in [-0.1, -0.05) is 12.1 Å². The highest BCUT2D eigenvalue weighted by atomic mass is 35.5. The normalized spacial score (nSPS) is 20.1. The SMILES string of the molecule is CC(c1ccc(OC(F)F)cc1)N1CCC(C(=O)O)C1.Cl. The summed E-state index contributed by atoms with van der Waals surface area (Å²) in [6.07, 6.45) is 0.645. The van der Waals surface area contributed by atoms with Crippen molar-refractivity contribution in [3.8, 4) is 5.75 Å². The molecule has 21 heavy (non-hydrogen) atoms. The molecule has 2 rings (SSSR count). The van der Waals surface area contributed by atoms with Crippen molar-refractivity contribution in [2.75, 3.05) is 13.1 Å². The zero-order valence-corrected chi connectivity index (χ0v) is 12.4. The summed E-state index contributed by atoms with van der Waals surface area (Å²) < 4.78 is 28.4. The van der Waals surface area contributed by atoms with E-state index in [4.69, 9.17) is 5.11 Å². The zero-order chi connectivity index (χ0) is 14.7. The van der Waals surface area contributed by atoms with E-state index in [1.165, 1.54) is 12.1 Å². The predicted octanol–water partition coefficient (Wildman–Crippen LogP) is 3.18. The van der Waals surface area contributed by atoms with Crippen LogP contribution >= 0.6 is 12.4 Å². The molecule has 0 spiro atoms. The zero-order valence-electron chi connectivity index (χ0n) is 11.5. The molecule has 1 fully saturated rings. The van der Waals surface area contributed by atoms with Crippen molar-refractivity contribution in [2.45, 2.75) is 26.0 Å². The number of carboxylic acids is 1. The first-order valence-electron chi connectivity index (χ1n) is 6.49. The second-order valence-corrected chi connectivity index (χ2v) is 4.94. The molecule has 0 bridgehead atoms. The van der Waals surface area contributed by atoms with Crippen LogP contribution in [0.5, 0.6) is 5.75 Å². The highest BCUT2D eigenvalue weighted by Gasteiger charge is 2.30. The van der Waals surface area contributed by atoms with Gasteiger partial charge in [0.25, 0.3) is 0 Å². The highest BCUT2D eigenvalue weighted by molar-refractivity contribution is 5.85. The van der Waals surface area contributed by atoms with Crippen molar-refractivity contribution < 1.29 is 23.4 Å². The number of benzene rings is 1. The fourth-order valence-electron chi connectivity index (χ4n) is 2.48. The van der Waals surface area contributed by atoms with Crippen molar-refractivity contribution in [1.29, 1.82) is 0 Å². The number of alkyl halides is 2. The third kappa shape index (κ3) is 4.54. The number of carboxylic acid groups (broad SMARTS) is 1. The molecule has 0 amide bonds. The molecule has 0 saturated carbocycles. The Morgan fingerprint density at radius 1 is 1.38 bits per heavy atom. The van der Waals surface area contributed by atoms with Crippen molar-refractivity contribution in [2.24, 2.45) is 5.92 Å². The van der Waals surface area contributed by atoms with Crippen molar-refractivity contribution >= 4 is 18.4 Å². The van der Waals surface area contributed by atoms with E-state index in [0.29, 0.717) is 13.0 Å².